The molecule has 104 valence electrons. The van der Waals surface area contributed by atoms with E-state index < -0.39 is 0 Å². The van der Waals surface area contributed by atoms with Crippen molar-refractivity contribution in [3.8, 4) is 0 Å². The molecule has 1 aromatic carbocycles. The number of benzene rings is 1. The summed E-state index contributed by atoms with van der Waals surface area (Å²) in [5, 5.41) is 8.97. The molecule has 1 unspecified atom stereocenters. The number of anilines is 1. The van der Waals surface area contributed by atoms with Gasteiger partial charge in [-0.25, -0.2) is 4.79 Å². The molecule has 1 N–H and O–H groups in total. The second-order valence-electron chi connectivity index (χ2n) is 5.06. The first-order valence-corrected chi connectivity index (χ1v) is 6.44. The van der Waals surface area contributed by atoms with E-state index in [0.717, 1.165) is 11.3 Å². The van der Waals surface area contributed by atoms with Crippen molar-refractivity contribution in [3.05, 3.63) is 29.8 Å². The molecule has 1 aromatic rings. The summed E-state index contributed by atoms with van der Waals surface area (Å²) in [4.78, 5) is 17.5. The molecule has 0 aliphatic carbocycles. The predicted octanol–water partition coefficient (Wildman–Crippen LogP) is 1.15. The Kier molecular flexibility index (Phi) is 3.95. The lowest BCUT2D eigenvalue weighted by Crippen LogP contribution is -2.31. The first-order valence-electron chi connectivity index (χ1n) is 6.44. The van der Waals surface area contributed by atoms with Crippen molar-refractivity contribution in [2.24, 2.45) is 0 Å². The van der Waals surface area contributed by atoms with E-state index >= 15 is 0 Å². The minimum absolute atomic E-state index is 0.00582. The average Bonchev–Trinajstić information content (AvgIpc) is 2.68. The fourth-order valence-electron chi connectivity index (χ4n) is 2.40. The van der Waals surface area contributed by atoms with Crippen LogP contribution in [0.1, 0.15) is 11.6 Å². The molecule has 2 rings (SSSR count). The number of carbonyl (C=O) groups is 1. The van der Waals surface area contributed by atoms with Crippen LogP contribution in [0.25, 0.3) is 0 Å². The lowest BCUT2D eigenvalue weighted by molar-refractivity contribution is 0.182. The summed E-state index contributed by atoms with van der Waals surface area (Å²) in [6.07, 6.45) is 0. The van der Waals surface area contributed by atoms with E-state index in [1.54, 1.807) is 9.80 Å². The van der Waals surface area contributed by atoms with Gasteiger partial charge >= 0.3 is 6.03 Å². The Bertz CT molecular complexity index is 445. The van der Waals surface area contributed by atoms with Crippen LogP contribution in [0.3, 0.4) is 0 Å². The number of hydrogen-bond donors (Lipinski definition) is 1. The SMILES string of the molecule is CN(C)c1ccc(C2CN(CCO)C(=O)N2C)cc1. The van der Waals surface area contributed by atoms with Gasteiger partial charge in [0.25, 0.3) is 0 Å². The minimum atomic E-state index is -0.0178. The van der Waals surface area contributed by atoms with Crippen molar-refractivity contribution in [2.75, 3.05) is 45.7 Å². The van der Waals surface area contributed by atoms with Gasteiger partial charge in [-0.3, -0.25) is 0 Å². The highest BCUT2D eigenvalue weighted by molar-refractivity contribution is 5.77. The highest BCUT2D eigenvalue weighted by Crippen LogP contribution is 2.28. The number of amides is 2. The van der Waals surface area contributed by atoms with Crippen LogP contribution in [0.5, 0.6) is 0 Å². The Balaban J connectivity index is 2.15. The molecule has 1 atom stereocenters. The van der Waals surface area contributed by atoms with Crippen LogP contribution >= 0.6 is 0 Å². The first kappa shape index (κ1) is 13.7. The molecule has 19 heavy (non-hydrogen) atoms. The van der Waals surface area contributed by atoms with Gasteiger partial charge in [0.05, 0.1) is 12.6 Å². The third-order valence-corrected chi connectivity index (χ3v) is 3.60. The van der Waals surface area contributed by atoms with Gasteiger partial charge in [0.2, 0.25) is 0 Å². The van der Waals surface area contributed by atoms with Crippen molar-refractivity contribution >= 4 is 11.7 Å². The topological polar surface area (TPSA) is 47.0 Å². The zero-order valence-corrected chi connectivity index (χ0v) is 11.7. The van der Waals surface area contributed by atoms with Gasteiger partial charge in [-0.05, 0) is 17.7 Å². The number of hydrogen-bond acceptors (Lipinski definition) is 3. The van der Waals surface area contributed by atoms with Crippen molar-refractivity contribution in [1.29, 1.82) is 0 Å². The highest BCUT2D eigenvalue weighted by atomic mass is 16.3. The van der Waals surface area contributed by atoms with Crippen LogP contribution in [0.4, 0.5) is 10.5 Å². The predicted molar refractivity (Wildman–Crippen MR) is 75.3 cm³/mol. The van der Waals surface area contributed by atoms with Crippen LogP contribution in [-0.2, 0) is 0 Å². The van der Waals surface area contributed by atoms with E-state index in [-0.39, 0.29) is 18.7 Å². The molecule has 5 nitrogen and oxygen atoms in total. The van der Waals surface area contributed by atoms with E-state index in [4.69, 9.17) is 5.11 Å². The molecule has 0 spiro atoms. The molecule has 0 saturated carbocycles. The number of carbonyl (C=O) groups excluding carboxylic acids is 1. The molecule has 0 bridgehead atoms. The van der Waals surface area contributed by atoms with Gasteiger partial charge in [0.15, 0.2) is 0 Å². The number of likely N-dealkylation sites (N-methyl/N-ethyl adjacent to an activating group) is 1. The summed E-state index contributed by atoms with van der Waals surface area (Å²) >= 11 is 0. The van der Waals surface area contributed by atoms with E-state index in [9.17, 15) is 4.79 Å². The zero-order chi connectivity index (χ0) is 14.0. The Labute approximate surface area is 114 Å². The molecule has 1 aliphatic heterocycles. The van der Waals surface area contributed by atoms with Crippen LogP contribution in [0, 0.1) is 0 Å². The summed E-state index contributed by atoms with van der Waals surface area (Å²) < 4.78 is 0. The third kappa shape index (κ3) is 2.66. The molecule has 1 aliphatic rings. The van der Waals surface area contributed by atoms with E-state index in [0.29, 0.717) is 13.1 Å². The van der Waals surface area contributed by atoms with E-state index in [1.165, 1.54) is 0 Å². The second-order valence-corrected chi connectivity index (χ2v) is 5.06. The fourth-order valence-corrected chi connectivity index (χ4v) is 2.40. The fraction of sp³-hybridized carbons (Fsp3) is 0.500. The number of urea groups is 1. The molecule has 1 heterocycles. The summed E-state index contributed by atoms with van der Waals surface area (Å²) in [6.45, 7) is 1.04. The number of nitrogens with zero attached hydrogens (tertiary/aromatic N) is 3. The van der Waals surface area contributed by atoms with Gasteiger partial charge in [0, 0.05) is 39.9 Å². The summed E-state index contributed by atoms with van der Waals surface area (Å²) in [5.74, 6) is 0. The Morgan fingerprint density at radius 3 is 2.47 bits per heavy atom. The lowest BCUT2D eigenvalue weighted by atomic mass is 10.1. The van der Waals surface area contributed by atoms with Crippen molar-refractivity contribution in [3.63, 3.8) is 0 Å². The minimum Gasteiger partial charge on any atom is -0.395 e. The third-order valence-electron chi connectivity index (χ3n) is 3.60. The number of aliphatic hydroxyl groups excluding tert-OH is 1. The summed E-state index contributed by atoms with van der Waals surface area (Å²) in [5.41, 5.74) is 2.27. The molecule has 1 saturated heterocycles. The van der Waals surface area contributed by atoms with Gasteiger partial charge in [-0.2, -0.15) is 0 Å². The highest BCUT2D eigenvalue weighted by Gasteiger charge is 2.34. The standard InChI is InChI=1S/C14H21N3O2/c1-15(2)12-6-4-11(5-7-12)13-10-17(8-9-18)14(19)16(13)3/h4-7,13,18H,8-10H2,1-3H3. The summed E-state index contributed by atoms with van der Waals surface area (Å²) in [7, 11) is 5.82. The molecule has 0 aromatic heterocycles. The maximum Gasteiger partial charge on any atom is 0.320 e. The number of rotatable bonds is 4. The quantitative estimate of drug-likeness (QED) is 0.886. The molecule has 5 heteroatoms. The molecule has 1 fully saturated rings. The van der Waals surface area contributed by atoms with Gasteiger partial charge < -0.3 is 19.8 Å². The number of aliphatic hydroxyl groups is 1. The van der Waals surface area contributed by atoms with Gasteiger partial charge in [-0.15, -0.1) is 0 Å². The van der Waals surface area contributed by atoms with Crippen molar-refractivity contribution in [2.45, 2.75) is 6.04 Å². The normalized spacial score (nSPS) is 19.2. The Morgan fingerprint density at radius 2 is 1.95 bits per heavy atom. The maximum absolute atomic E-state index is 12.0. The Hall–Kier alpha value is -1.75. The van der Waals surface area contributed by atoms with Crippen LogP contribution in [0.2, 0.25) is 0 Å². The van der Waals surface area contributed by atoms with E-state index in [2.05, 4.69) is 24.3 Å². The van der Waals surface area contributed by atoms with Crippen LogP contribution < -0.4 is 4.90 Å². The lowest BCUT2D eigenvalue weighted by Gasteiger charge is -2.19. The first-order chi connectivity index (χ1) is 9.04. The molecular formula is C14H21N3O2. The second kappa shape index (κ2) is 5.48. The largest absolute Gasteiger partial charge is 0.395 e. The molecule has 2 amide bonds. The zero-order valence-electron chi connectivity index (χ0n) is 11.7. The monoisotopic (exact) mass is 263 g/mol. The van der Waals surface area contributed by atoms with Crippen LogP contribution in [0.15, 0.2) is 24.3 Å². The molecular weight excluding hydrogens is 242 g/mol. The van der Waals surface area contributed by atoms with Gasteiger partial charge in [0.1, 0.15) is 0 Å². The van der Waals surface area contributed by atoms with Crippen molar-refractivity contribution in [1.82, 2.24) is 9.80 Å². The smallest absolute Gasteiger partial charge is 0.320 e. The average molecular weight is 263 g/mol. The summed E-state index contributed by atoms with van der Waals surface area (Å²) in [6, 6.07) is 8.29. The van der Waals surface area contributed by atoms with Crippen molar-refractivity contribution < 1.29 is 9.90 Å². The molecule has 0 radical (unpaired) electrons. The van der Waals surface area contributed by atoms with E-state index in [1.807, 2.05) is 26.0 Å². The number of β-amino-alcohol motifs (C(OH)–C–C–N with tert-alkyl or cyclic N) is 1. The maximum atomic E-state index is 12.0. The van der Waals surface area contributed by atoms with Gasteiger partial charge in [-0.1, -0.05) is 12.1 Å². The Morgan fingerprint density at radius 1 is 1.32 bits per heavy atom. The van der Waals surface area contributed by atoms with Crippen LogP contribution in [-0.4, -0.2) is 61.8 Å².